The molecule has 0 N–H and O–H groups in total. The maximum Gasteiger partial charge on any atom is 0.184 e. The third-order valence-electron chi connectivity index (χ3n) is 3.53. The summed E-state index contributed by atoms with van der Waals surface area (Å²) in [6.07, 6.45) is 15.5. The Morgan fingerprint density at radius 1 is 0.684 bits per heavy atom. The zero-order valence-corrected chi connectivity index (χ0v) is 15.3. The number of unbranched alkanes of at least 4 members (excludes halogenated alkanes) is 7. The molecule has 0 rings (SSSR count). The van der Waals surface area contributed by atoms with Crippen LogP contribution in [0, 0.1) is 0 Å². The highest BCUT2D eigenvalue weighted by atomic mass is 28.4. The average molecular weight is 287 g/mol. The largest absolute Gasteiger partial charge is 0.415 e. The van der Waals surface area contributed by atoms with Gasteiger partial charge in [0.15, 0.2) is 8.32 Å². The fourth-order valence-corrected chi connectivity index (χ4v) is 3.77. The van der Waals surface area contributed by atoms with Crippen LogP contribution in [0.1, 0.15) is 84.5 Å². The molecule has 0 aliphatic rings. The van der Waals surface area contributed by atoms with Crippen molar-refractivity contribution in [3.63, 3.8) is 0 Å². The van der Waals surface area contributed by atoms with Crippen LogP contribution in [0.25, 0.3) is 0 Å². The van der Waals surface area contributed by atoms with Crippen LogP contribution in [0.15, 0.2) is 0 Å². The molecule has 0 aliphatic carbocycles. The summed E-state index contributed by atoms with van der Waals surface area (Å²) in [5.41, 5.74) is 0. The molecule has 0 aliphatic heterocycles. The lowest BCUT2D eigenvalue weighted by atomic mass is 10.0. The summed E-state index contributed by atoms with van der Waals surface area (Å²) in [7, 11) is -1.36. The lowest BCUT2D eigenvalue weighted by molar-refractivity contribution is 0.165. The van der Waals surface area contributed by atoms with Crippen LogP contribution in [-0.4, -0.2) is 14.4 Å². The smallest absolute Gasteiger partial charge is 0.184 e. The molecule has 2 heteroatoms. The van der Waals surface area contributed by atoms with Gasteiger partial charge in [-0.15, -0.1) is 0 Å². The summed E-state index contributed by atoms with van der Waals surface area (Å²) in [5, 5.41) is 0. The van der Waals surface area contributed by atoms with E-state index in [0.29, 0.717) is 6.10 Å². The van der Waals surface area contributed by atoms with Crippen molar-refractivity contribution in [3.05, 3.63) is 0 Å². The molecule has 1 atom stereocenters. The summed E-state index contributed by atoms with van der Waals surface area (Å²) in [6.45, 7) is 11.5. The normalized spacial score (nSPS) is 13.7. The molecular weight excluding hydrogens is 248 g/mol. The van der Waals surface area contributed by atoms with Gasteiger partial charge in [0.1, 0.15) is 0 Å². The maximum absolute atomic E-state index is 6.35. The molecule has 0 heterocycles. The predicted octanol–water partition coefficient (Wildman–Crippen LogP) is 6.54. The van der Waals surface area contributed by atoms with Gasteiger partial charge in [0, 0.05) is 6.10 Å². The van der Waals surface area contributed by atoms with Crippen molar-refractivity contribution in [2.75, 3.05) is 0 Å². The van der Waals surface area contributed by atoms with Crippen molar-refractivity contribution in [1.82, 2.24) is 0 Å². The van der Waals surface area contributed by atoms with Gasteiger partial charge >= 0.3 is 0 Å². The molecule has 0 saturated heterocycles. The molecule has 19 heavy (non-hydrogen) atoms. The van der Waals surface area contributed by atoms with Gasteiger partial charge in [0.05, 0.1) is 0 Å². The molecular formula is C17H38OSi. The van der Waals surface area contributed by atoms with Crippen LogP contribution >= 0.6 is 0 Å². The van der Waals surface area contributed by atoms with E-state index < -0.39 is 8.32 Å². The van der Waals surface area contributed by atoms with Crippen molar-refractivity contribution in [1.29, 1.82) is 0 Å². The van der Waals surface area contributed by atoms with Crippen molar-refractivity contribution in [2.24, 2.45) is 0 Å². The van der Waals surface area contributed by atoms with E-state index in [1.807, 2.05) is 0 Å². The molecule has 0 aromatic rings. The second-order valence-electron chi connectivity index (χ2n) is 6.90. The van der Waals surface area contributed by atoms with E-state index in [2.05, 4.69) is 33.5 Å². The first-order valence-corrected chi connectivity index (χ1v) is 12.1. The van der Waals surface area contributed by atoms with Crippen LogP contribution in [0.3, 0.4) is 0 Å². The van der Waals surface area contributed by atoms with Crippen LogP contribution < -0.4 is 0 Å². The highest BCUT2D eigenvalue weighted by molar-refractivity contribution is 6.69. The Hall–Kier alpha value is 0.177. The van der Waals surface area contributed by atoms with E-state index in [4.69, 9.17) is 4.43 Å². The fraction of sp³-hybridized carbons (Fsp3) is 1.00. The lowest BCUT2D eigenvalue weighted by Gasteiger charge is -2.26. The Labute approximate surface area is 123 Å². The van der Waals surface area contributed by atoms with Gasteiger partial charge < -0.3 is 4.43 Å². The van der Waals surface area contributed by atoms with Gasteiger partial charge in [-0.1, -0.05) is 71.6 Å². The number of hydrogen-bond acceptors (Lipinski definition) is 1. The van der Waals surface area contributed by atoms with Crippen molar-refractivity contribution in [3.8, 4) is 0 Å². The van der Waals surface area contributed by atoms with Crippen LogP contribution in [-0.2, 0) is 4.43 Å². The second-order valence-corrected chi connectivity index (χ2v) is 11.4. The Kier molecular flexibility index (Phi) is 12.1. The number of hydrogen-bond donors (Lipinski definition) is 0. The Morgan fingerprint density at radius 2 is 1.11 bits per heavy atom. The molecule has 116 valence electrons. The zero-order valence-electron chi connectivity index (χ0n) is 14.3. The van der Waals surface area contributed by atoms with E-state index in [1.165, 1.54) is 70.6 Å². The number of rotatable bonds is 13. The van der Waals surface area contributed by atoms with Crippen molar-refractivity contribution in [2.45, 2.75) is 110 Å². The van der Waals surface area contributed by atoms with Gasteiger partial charge in [-0.2, -0.15) is 0 Å². The van der Waals surface area contributed by atoms with Gasteiger partial charge in [-0.05, 0) is 32.5 Å². The van der Waals surface area contributed by atoms with E-state index >= 15 is 0 Å². The standard InChI is InChI=1S/C17H38OSi/c1-6-8-10-11-12-14-16-17(15-13-9-7-2)18-19(3,4)5/h17H,6-16H2,1-5H3. The third-order valence-corrected chi connectivity index (χ3v) is 4.57. The molecule has 1 nitrogen and oxygen atoms in total. The monoisotopic (exact) mass is 286 g/mol. The second kappa shape index (κ2) is 12.0. The van der Waals surface area contributed by atoms with Crippen molar-refractivity contribution >= 4 is 8.32 Å². The summed E-state index contributed by atoms with van der Waals surface area (Å²) < 4.78 is 6.35. The molecule has 1 unspecified atom stereocenters. The zero-order chi connectivity index (χ0) is 14.6. The molecule has 0 saturated carbocycles. The molecule has 0 spiro atoms. The fourth-order valence-electron chi connectivity index (χ4n) is 2.54. The lowest BCUT2D eigenvalue weighted by Crippen LogP contribution is -2.32. The van der Waals surface area contributed by atoms with Crippen LogP contribution in [0.4, 0.5) is 0 Å². The molecule has 0 bridgehead atoms. The van der Waals surface area contributed by atoms with Crippen LogP contribution in [0.2, 0.25) is 19.6 Å². The highest BCUT2D eigenvalue weighted by Gasteiger charge is 2.20. The molecule has 0 fully saturated rings. The summed E-state index contributed by atoms with van der Waals surface area (Å²) in [5.74, 6) is 0. The molecule has 0 aromatic heterocycles. The average Bonchev–Trinajstić information content (AvgIpc) is 2.31. The molecule has 0 amide bonds. The first-order valence-electron chi connectivity index (χ1n) is 8.67. The Bertz CT molecular complexity index is 186. The first-order chi connectivity index (χ1) is 8.99. The van der Waals surface area contributed by atoms with E-state index in [0.717, 1.165) is 0 Å². The topological polar surface area (TPSA) is 9.23 Å². The van der Waals surface area contributed by atoms with E-state index in [1.54, 1.807) is 0 Å². The minimum absolute atomic E-state index is 0.546. The Balaban J connectivity index is 3.78. The van der Waals surface area contributed by atoms with Crippen molar-refractivity contribution < 1.29 is 4.43 Å². The third kappa shape index (κ3) is 14.4. The predicted molar refractivity (Wildman–Crippen MR) is 90.4 cm³/mol. The maximum atomic E-state index is 6.35. The minimum atomic E-state index is -1.36. The van der Waals surface area contributed by atoms with Crippen LogP contribution in [0.5, 0.6) is 0 Å². The van der Waals surface area contributed by atoms with Gasteiger partial charge in [0.2, 0.25) is 0 Å². The minimum Gasteiger partial charge on any atom is -0.415 e. The highest BCUT2D eigenvalue weighted by Crippen LogP contribution is 2.19. The quantitative estimate of drug-likeness (QED) is 0.276. The van der Waals surface area contributed by atoms with Gasteiger partial charge in [0.25, 0.3) is 0 Å². The SMILES string of the molecule is CCCCCCCCC(CCCCC)O[Si](C)(C)C. The van der Waals surface area contributed by atoms with E-state index in [9.17, 15) is 0 Å². The summed E-state index contributed by atoms with van der Waals surface area (Å²) in [6, 6.07) is 0. The van der Waals surface area contributed by atoms with E-state index in [-0.39, 0.29) is 0 Å². The first kappa shape index (κ1) is 19.2. The van der Waals surface area contributed by atoms with Gasteiger partial charge in [-0.25, -0.2) is 0 Å². The summed E-state index contributed by atoms with van der Waals surface area (Å²) in [4.78, 5) is 0. The summed E-state index contributed by atoms with van der Waals surface area (Å²) >= 11 is 0. The Morgan fingerprint density at radius 3 is 1.63 bits per heavy atom. The molecule has 0 radical (unpaired) electrons. The molecule has 0 aromatic carbocycles. The van der Waals surface area contributed by atoms with Gasteiger partial charge in [-0.3, -0.25) is 0 Å².